The summed E-state index contributed by atoms with van der Waals surface area (Å²) in [5, 5.41) is 9.31. The fraction of sp³-hybridized carbons (Fsp3) is 0.296. The fourth-order valence-corrected chi connectivity index (χ4v) is 4.05. The van der Waals surface area contributed by atoms with E-state index in [-0.39, 0.29) is 36.8 Å². The van der Waals surface area contributed by atoms with Crippen molar-refractivity contribution in [2.75, 3.05) is 18.1 Å². The average molecular weight is 512 g/mol. The number of likely N-dealkylation sites (N-methyl/N-ethyl adjacent to an activating group) is 1. The van der Waals surface area contributed by atoms with Crippen LogP contribution in [0.15, 0.2) is 48.5 Å². The summed E-state index contributed by atoms with van der Waals surface area (Å²) < 4.78 is 61.7. The molecule has 37 heavy (non-hydrogen) atoms. The van der Waals surface area contributed by atoms with E-state index in [1.54, 1.807) is 13.8 Å². The lowest BCUT2D eigenvalue weighted by Gasteiger charge is -2.32. The van der Waals surface area contributed by atoms with Gasteiger partial charge in [0.1, 0.15) is 17.8 Å². The van der Waals surface area contributed by atoms with Gasteiger partial charge in [-0.2, -0.15) is 23.4 Å². The molecule has 0 radical (unpaired) electrons. The van der Waals surface area contributed by atoms with E-state index in [9.17, 15) is 18.8 Å². The predicted octanol–water partition coefficient (Wildman–Crippen LogP) is 5.66. The molecule has 0 spiro atoms. The highest BCUT2D eigenvalue weighted by Crippen LogP contribution is 2.48. The Morgan fingerprint density at radius 2 is 1.81 bits per heavy atom. The first-order chi connectivity index (χ1) is 17.8. The Bertz CT molecular complexity index is 1340. The van der Waals surface area contributed by atoms with Crippen molar-refractivity contribution in [3.05, 3.63) is 77.2 Å². The van der Waals surface area contributed by atoms with Gasteiger partial charge < -0.3 is 19.1 Å². The molecule has 4 rings (SSSR count). The van der Waals surface area contributed by atoms with Crippen LogP contribution >= 0.6 is 0 Å². The zero-order valence-electron chi connectivity index (χ0n) is 20.3. The molecule has 1 aromatic heterocycles. The molecule has 10 heteroatoms. The van der Waals surface area contributed by atoms with Gasteiger partial charge in [-0.1, -0.05) is 30.3 Å². The van der Waals surface area contributed by atoms with Gasteiger partial charge in [-0.3, -0.25) is 0 Å². The van der Waals surface area contributed by atoms with E-state index < -0.39 is 40.7 Å². The molecule has 0 bridgehead atoms. The highest BCUT2D eigenvalue weighted by Gasteiger charge is 2.57. The van der Waals surface area contributed by atoms with Gasteiger partial charge in [0.2, 0.25) is 11.6 Å². The highest BCUT2D eigenvalue weighted by molar-refractivity contribution is 5.89. The standard InChI is InChI=1S/C27H24F3N3O4/c1-3-33(27(12-13-27)26(34)35-4-2)23-21(28)24(30)32-25(22(23)29)37-20-14-18(15-31)10-11-19(20)36-16-17-8-6-5-7-9-17/h5-11,14H,3-4,12-13,16H2,1-2H3. The van der Waals surface area contributed by atoms with Gasteiger partial charge in [0.05, 0.1) is 18.2 Å². The van der Waals surface area contributed by atoms with Crippen LogP contribution in [0.4, 0.5) is 18.9 Å². The second kappa shape index (κ2) is 10.8. The number of nitrogens with zero attached hydrogens (tertiary/aromatic N) is 3. The van der Waals surface area contributed by atoms with Crippen molar-refractivity contribution in [2.24, 2.45) is 0 Å². The minimum atomic E-state index is -1.60. The van der Waals surface area contributed by atoms with Crippen molar-refractivity contribution >= 4 is 11.7 Å². The Morgan fingerprint density at radius 3 is 2.43 bits per heavy atom. The van der Waals surface area contributed by atoms with Crippen LogP contribution in [-0.4, -0.2) is 29.6 Å². The molecule has 1 aliphatic carbocycles. The molecule has 0 aliphatic heterocycles. The van der Waals surface area contributed by atoms with E-state index in [0.29, 0.717) is 12.8 Å². The average Bonchev–Trinajstić information content (AvgIpc) is 3.71. The number of benzene rings is 2. The molecule has 3 aromatic rings. The Balaban J connectivity index is 1.71. The quantitative estimate of drug-likeness (QED) is 0.256. The molecule has 192 valence electrons. The third-order valence-electron chi connectivity index (χ3n) is 5.98. The lowest BCUT2D eigenvalue weighted by Crippen LogP contribution is -2.46. The Hall–Kier alpha value is -4.26. The number of carbonyl (C=O) groups is 1. The minimum absolute atomic E-state index is 0.00903. The molecule has 0 saturated heterocycles. The van der Waals surface area contributed by atoms with Gasteiger partial charge in [-0.05, 0) is 44.4 Å². The topological polar surface area (TPSA) is 84.7 Å². The summed E-state index contributed by atoms with van der Waals surface area (Å²) in [5.41, 5.74) is -1.08. The van der Waals surface area contributed by atoms with Crippen LogP contribution in [0.25, 0.3) is 0 Å². The third-order valence-corrected chi connectivity index (χ3v) is 5.98. The van der Waals surface area contributed by atoms with Crippen molar-refractivity contribution in [3.8, 4) is 23.4 Å². The van der Waals surface area contributed by atoms with E-state index in [2.05, 4.69) is 4.98 Å². The number of hydrogen-bond donors (Lipinski definition) is 0. The number of halogens is 3. The molecule has 0 unspecified atom stereocenters. The molecule has 7 nitrogen and oxygen atoms in total. The first-order valence-electron chi connectivity index (χ1n) is 11.7. The van der Waals surface area contributed by atoms with Crippen LogP contribution in [0.5, 0.6) is 17.4 Å². The van der Waals surface area contributed by atoms with Gasteiger partial charge in [-0.25, -0.2) is 4.79 Å². The van der Waals surface area contributed by atoms with E-state index in [1.807, 2.05) is 36.4 Å². The van der Waals surface area contributed by atoms with E-state index in [4.69, 9.17) is 14.2 Å². The summed E-state index contributed by atoms with van der Waals surface area (Å²) in [6, 6.07) is 15.3. The number of nitriles is 1. The molecule has 0 N–H and O–H groups in total. The number of pyridine rings is 1. The maximum absolute atomic E-state index is 15.7. The summed E-state index contributed by atoms with van der Waals surface area (Å²) in [5.74, 6) is -5.95. The Morgan fingerprint density at radius 1 is 1.08 bits per heavy atom. The van der Waals surface area contributed by atoms with Crippen molar-refractivity contribution in [1.82, 2.24) is 4.98 Å². The lowest BCUT2D eigenvalue weighted by atomic mass is 10.1. The van der Waals surface area contributed by atoms with Gasteiger partial charge in [0.25, 0.3) is 11.8 Å². The highest BCUT2D eigenvalue weighted by atomic mass is 19.2. The second-order valence-electron chi connectivity index (χ2n) is 8.33. The molecule has 0 amide bonds. The molecular formula is C27H24F3N3O4. The van der Waals surface area contributed by atoms with Gasteiger partial charge in [0.15, 0.2) is 11.5 Å². The van der Waals surface area contributed by atoms with E-state index in [1.165, 1.54) is 18.2 Å². The zero-order valence-corrected chi connectivity index (χ0v) is 20.3. The van der Waals surface area contributed by atoms with Crippen LogP contribution in [0.2, 0.25) is 0 Å². The van der Waals surface area contributed by atoms with Crippen LogP contribution in [0.1, 0.15) is 37.8 Å². The monoisotopic (exact) mass is 511 g/mol. The van der Waals surface area contributed by atoms with E-state index >= 15 is 4.39 Å². The lowest BCUT2D eigenvalue weighted by molar-refractivity contribution is -0.145. The minimum Gasteiger partial charge on any atom is -0.485 e. The Labute approximate surface area is 212 Å². The molecule has 0 atom stereocenters. The van der Waals surface area contributed by atoms with Crippen LogP contribution < -0.4 is 14.4 Å². The summed E-state index contributed by atoms with van der Waals surface area (Å²) in [4.78, 5) is 17.1. The Kier molecular flexibility index (Phi) is 7.53. The van der Waals surface area contributed by atoms with Crippen LogP contribution in [0, 0.1) is 28.9 Å². The summed E-state index contributed by atoms with van der Waals surface area (Å²) >= 11 is 0. The zero-order chi connectivity index (χ0) is 26.6. The van der Waals surface area contributed by atoms with Gasteiger partial charge in [0, 0.05) is 12.6 Å². The molecule has 1 heterocycles. The van der Waals surface area contributed by atoms with Crippen molar-refractivity contribution in [3.63, 3.8) is 0 Å². The van der Waals surface area contributed by atoms with Gasteiger partial charge >= 0.3 is 5.97 Å². The summed E-state index contributed by atoms with van der Waals surface area (Å²) in [6.07, 6.45) is 0.584. The maximum Gasteiger partial charge on any atom is 0.331 e. The van der Waals surface area contributed by atoms with E-state index in [0.717, 1.165) is 10.5 Å². The summed E-state index contributed by atoms with van der Waals surface area (Å²) in [7, 11) is 0. The molecule has 1 aliphatic rings. The third kappa shape index (κ3) is 5.16. The molecule has 1 saturated carbocycles. The van der Waals surface area contributed by atoms with Crippen molar-refractivity contribution in [1.29, 1.82) is 5.26 Å². The smallest absolute Gasteiger partial charge is 0.331 e. The number of ether oxygens (including phenoxy) is 3. The molecule has 1 fully saturated rings. The van der Waals surface area contributed by atoms with Gasteiger partial charge in [-0.15, -0.1) is 0 Å². The van der Waals surface area contributed by atoms with Crippen LogP contribution in [0.3, 0.4) is 0 Å². The number of hydrogen-bond acceptors (Lipinski definition) is 7. The molecule has 2 aromatic carbocycles. The first-order valence-corrected chi connectivity index (χ1v) is 11.7. The first kappa shape index (κ1) is 25.8. The van der Waals surface area contributed by atoms with Crippen molar-refractivity contribution < 1.29 is 32.2 Å². The summed E-state index contributed by atoms with van der Waals surface area (Å²) in [6.45, 7) is 3.42. The predicted molar refractivity (Wildman–Crippen MR) is 128 cm³/mol. The number of aromatic nitrogens is 1. The normalized spacial score (nSPS) is 13.4. The number of carbonyl (C=O) groups excluding carboxylic acids is 1. The largest absolute Gasteiger partial charge is 0.485 e. The second-order valence-corrected chi connectivity index (χ2v) is 8.33. The fourth-order valence-electron chi connectivity index (χ4n) is 4.05. The van der Waals surface area contributed by atoms with Crippen molar-refractivity contribution in [2.45, 2.75) is 38.8 Å². The number of esters is 1. The maximum atomic E-state index is 15.7. The number of anilines is 1. The van der Waals surface area contributed by atoms with Crippen LogP contribution in [-0.2, 0) is 16.1 Å². The number of rotatable bonds is 10. The SMILES string of the molecule is CCOC(=O)C1(N(CC)c2c(F)c(F)nc(Oc3cc(C#N)ccc3OCc3ccccc3)c2F)CC1. The molecular weight excluding hydrogens is 487 g/mol.